The van der Waals surface area contributed by atoms with E-state index in [0.29, 0.717) is 5.92 Å². The summed E-state index contributed by atoms with van der Waals surface area (Å²) in [5, 5.41) is 2.51. The van der Waals surface area contributed by atoms with Gasteiger partial charge < -0.3 is 14.4 Å². The Labute approximate surface area is 381 Å². The third-order valence-electron chi connectivity index (χ3n) is 13.8. The Morgan fingerprint density at radius 2 is 1.09 bits per heavy atom. The molecule has 0 amide bonds. The van der Waals surface area contributed by atoms with Gasteiger partial charge in [0.25, 0.3) is 0 Å². The van der Waals surface area contributed by atoms with Gasteiger partial charge in [0.15, 0.2) is 0 Å². The van der Waals surface area contributed by atoms with Gasteiger partial charge in [-0.3, -0.25) is 0 Å². The quantitative estimate of drug-likeness (QED) is 0.143. The summed E-state index contributed by atoms with van der Waals surface area (Å²) in [7, 11) is 0. The van der Waals surface area contributed by atoms with Gasteiger partial charge in [0.1, 0.15) is 0 Å². The molecule has 0 saturated heterocycles. The zero-order chi connectivity index (χ0) is 43.2. The smallest absolute Gasteiger partial charge is 0.0547 e. The summed E-state index contributed by atoms with van der Waals surface area (Å²) in [5.74, 6) is 0.447. The minimum Gasteiger partial charge on any atom is -0.341 e. The van der Waals surface area contributed by atoms with E-state index in [-0.39, 0.29) is 5.41 Å². The molecule has 1 aliphatic heterocycles. The number of hydrogen-bond acceptors (Lipinski definition) is 2. The lowest BCUT2D eigenvalue weighted by atomic mass is 9.77. The molecule has 65 heavy (non-hydrogen) atoms. The minimum atomic E-state index is -0.0581. The van der Waals surface area contributed by atoms with Crippen molar-refractivity contribution in [1.29, 1.82) is 0 Å². The Morgan fingerprint density at radius 3 is 1.82 bits per heavy atom. The van der Waals surface area contributed by atoms with E-state index in [9.17, 15) is 0 Å². The number of rotatable bonds is 9. The second-order valence-electron chi connectivity index (χ2n) is 17.8. The summed E-state index contributed by atoms with van der Waals surface area (Å²) >= 11 is 0. The van der Waals surface area contributed by atoms with E-state index < -0.39 is 0 Å². The van der Waals surface area contributed by atoms with E-state index in [0.717, 1.165) is 31.6 Å². The zero-order valence-corrected chi connectivity index (χ0v) is 36.3. The Kier molecular flexibility index (Phi) is 9.75. The summed E-state index contributed by atoms with van der Waals surface area (Å²) < 4.78 is 2.42. The fraction of sp³-hybridized carbons (Fsp3) is 0.0968. The van der Waals surface area contributed by atoms with Crippen LogP contribution in [0.3, 0.4) is 0 Å². The van der Waals surface area contributed by atoms with Gasteiger partial charge in [-0.2, -0.15) is 0 Å². The predicted octanol–water partition coefficient (Wildman–Crippen LogP) is 16.0. The average molecular weight is 836 g/mol. The Hall–Kier alpha value is -7.88. The van der Waals surface area contributed by atoms with Gasteiger partial charge in [0.2, 0.25) is 0 Å². The second kappa shape index (κ2) is 16.3. The van der Waals surface area contributed by atoms with Crippen LogP contribution in [0.5, 0.6) is 0 Å². The number of para-hydroxylation sites is 4. The second-order valence-corrected chi connectivity index (χ2v) is 17.8. The molecule has 3 aliphatic rings. The van der Waals surface area contributed by atoms with Crippen molar-refractivity contribution >= 4 is 44.6 Å². The average Bonchev–Trinajstić information content (AvgIpc) is 3.88. The SMILES string of the molecule is C1=CCC(CN(c2ccccc2)c2ccc(-c3cc(-c4ccc5c(c4)N(c4ccccc4)CC54C=CC=CC4)cc(-c4ccc5c6ccccc6n(-c6ccccc6)c5c4)c3)cc2)C=C1. The third-order valence-corrected chi connectivity index (χ3v) is 13.8. The summed E-state index contributed by atoms with van der Waals surface area (Å²) in [6.45, 7) is 1.83. The van der Waals surface area contributed by atoms with E-state index in [1.54, 1.807) is 0 Å². The van der Waals surface area contributed by atoms with Crippen LogP contribution in [0.2, 0.25) is 0 Å². The highest BCUT2D eigenvalue weighted by molar-refractivity contribution is 6.10. The lowest BCUT2D eigenvalue weighted by molar-refractivity contribution is 0.579. The van der Waals surface area contributed by atoms with Crippen molar-refractivity contribution in [2.75, 3.05) is 22.9 Å². The largest absolute Gasteiger partial charge is 0.341 e. The number of aromatic nitrogens is 1. The maximum absolute atomic E-state index is 2.53. The summed E-state index contributed by atoms with van der Waals surface area (Å²) in [6.07, 6.45) is 20.2. The number of fused-ring (bicyclic) bond motifs is 5. The molecule has 2 aliphatic carbocycles. The standard InChI is InChI=1S/C62H49N3/c1-6-18-45(19-7-1)43-63(52-20-8-2-9-21-52)54-32-28-46(29-33-54)49-38-50(47-30-34-57-56-26-14-15-27-59(56)65(60(57)41-47)55-24-12-4-13-25-55)40-51(39-49)48-31-35-58-61(42-48)64(53-22-10-3-11-23-53)44-62(58)36-16-5-17-37-62/h1-18,20-36,38-42,45H,19,37,43-44H2. The molecule has 0 N–H and O–H groups in total. The highest BCUT2D eigenvalue weighted by atomic mass is 15.2. The lowest BCUT2D eigenvalue weighted by Gasteiger charge is -2.29. The summed E-state index contributed by atoms with van der Waals surface area (Å²) in [6, 6.07) is 71.9. The molecule has 0 fully saturated rings. The first-order valence-electron chi connectivity index (χ1n) is 23.0. The maximum Gasteiger partial charge on any atom is 0.0547 e. The van der Waals surface area contributed by atoms with Crippen LogP contribution in [0.4, 0.5) is 22.7 Å². The predicted molar refractivity (Wildman–Crippen MR) is 275 cm³/mol. The van der Waals surface area contributed by atoms with Crippen LogP contribution in [-0.2, 0) is 5.41 Å². The first-order chi connectivity index (χ1) is 32.2. The van der Waals surface area contributed by atoms with Crippen LogP contribution in [0, 0.1) is 5.92 Å². The first-order valence-corrected chi connectivity index (χ1v) is 23.0. The molecule has 0 radical (unpaired) electrons. The lowest BCUT2D eigenvalue weighted by Crippen LogP contribution is -2.29. The fourth-order valence-electron chi connectivity index (χ4n) is 10.6. The molecule has 1 spiro atoms. The van der Waals surface area contributed by atoms with Crippen molar-refractivity contribution in [3.8, 4) is 39.1 Å². The highest BCUT2D eigenvalue weighted by Gasteiger charge is 2.41. The molecule has 12 rings (SSSR count). The molecule has 3 heteroatoms. The van der Waals surface area contributed by atoms with Crippen molar-refractivity contribution in [1.82, 2.24) is 4.57 Å². The van der Waals surface area contributed by atoms with Gasteiger partial charge >= 0.3 is 0 Å². The minimum absolute atomic E-state index is 0.0581. The number of nitrogens with zero attached hydrogens (tertiary/aromatic N) is 3. The van der Waals surface area contributed by atoms with Crippen molar-refractivity contribution in [3.05, 3.63) is 248 Å². The summed E-state index contributed by atoms with van der Waals surface area (Å²) in [5.41, 5.74) is 17.0. The topological polar surface area (TPSA) is 11.4 Å². The van der Waals surface area contributed by atoms with E-state index in [2.05, 4.69) is 257 Å². The van der Waals surface area contributed by atoms with Crippen molar-refractivity contribution in [2.45, 2.75) is 18.3 Å². The van der Waals surface area contributed by atoms with Gasteiger partial charge in [-0.15, -0.1) is 0 Å². The molecular weight excluding hydrogens is 787 g/mol. The molecular formula is C62H49N3. The van der Waals surface area contributed by atoms with Crippen LogP contribution >= 0.6 is 0 Å². The van der Waals surface area contributed by atoms with Crippen LogP contribution < -0.4 is 9.80 Å². The molecule has 2 unspecified atom stereocenters. The van der Waals surface area contributed by atoms with Crippen LogP contribution in [0.15, 0.2) is 243 Å². The number of allylic oxidation sites excluding steroid dienone is 6. The molecule has 312 valence electrons. The maximum atomic E-state index is 2.53. The number of benzene rings is 8. The van der Waals surface area contributed by atoms with Crippen molar-refractivity contribution < 1.29 is 0 Å². The molecule has 2 atom stereocenters. The number of hydrogen-bond donors (Lipinski definition) is 0. The van der Waals surface area contributed by atoms with Crippen LogP contribution in [0.25, 0.3) is 60.9 Å². The molecule has 2 heterocycles. The van der Waals surface area contributed by atoms with Gasteiger partial charge in [0.05, 0.1) is 11.0 Å². The van der Waals surface area contributed by atoms with Crippen LogP contribution in [0.1, 0.15) is 18.4 Å². The molecule has 3 nitrogen and oxygen atoms in total. The Bertz CT molecular complexity index is 3320. The molecule has 0 saturated carbocycles. The normalized spacial score (nSPS) is 17.4. The Morgan fingerprint density at radius 1 is 0.477 bits per heavy atom. The Balaban J connectivity index is 1.01. The van der Waals surface area contributed by atoms with Gasteiger partial charge in [-0.1, -0.05) is 158 Å². The molecule has 8 aromatic carbocycles. The van der Waals surface area contributed by atoms with Gasteiger partial charge in [-0.25, -0.2) is 0 Å². The van der Waals surface area contributed by atoms with E-state index in [4.69, 9.17) is 0 Å². The van der Waals surface area contributed by atoms with Crippen molar-refractivity contribution in [3.63, 3.8) is 0 Å². The first kappa shape index (κ1) is 38.8. The van der Waals surface area contributed by atoms with Gasteiger partial charge in [-0.05, 0) is 143 Å². The fourth-order valence-corrected chi connectivity index (χ4v) is 10.6. The third kappa shape index (κ3) is 7.10. The zero-order valence-electron chi connectivity index (χ0n) is 36.3. The van der Waals surface area contributed by atoms with E-state index in [1.807, 2.05) is 0 Å². The summed E-state index contributed by atoms with van der Waals surface area (Å²) in [4.78, 5) is 4.99. The molecule has 9 aromatic rings. The van der Waals surface area contributed by atoms with Crippen molar-refractivity contribution in [2.24, 2.45) is 5.92 Å². The van der Waals surface area contributed by atoms with Gasteiger partial charge in [0, 0.05) is 57.7 Å². The molecule has 1 aromatic heterocycles. The monoisotopic (exact) mass is 835 g/mol. The van der Waals surface area contributed by atoms with Crippen LogP contribution in [-0.4, -0.2) is 17.7 Å². The van der Waals surface area contributed by atoms with E-state index in [1.165, 1.54) is 83.5 Å². The molecule has 0 bridgehead atoms. The number of anilines is 4. The van der Waals surface area contributed by atoms with E-state index >= 15 is 0 Å². The highest BCUT2D eigenvalue weighted by Crippen LogP contribution is 2.50.